The first-order chi connectivity index (χ1) is 43.0. The van der Waals surface area contributed by atoms with E-state index in [9.17, 15) is 59.4 Å². The molecule has 10 rings (SSSR count). The molecule has 2 radical (unpaired) electrons. The molecule has 0 aliphatic carbocycles. The zero-order chi connectivity index (χ0) is 66.1. The predicted octanol–water partition coefficient (Wildman–Crippen LogP) is -0.274. The van der Waals surface area contributed by atoms with Crippen LogP contribution >= 0.6 is 0 Å². The molecule has 0 bridgehead atoms. The van der Waals surface area contributed by atoms with E-state index in [4.69, 9.17) is 30.6 Å². The number of phenolic OH excluding ortho intramolecular Hbond substituents is 6. The van der Waals surface area contributed by atoms with Gasteiger partial charge >= 0.3 is 93.8 Å². The number of phenols is 6. The number of pyridine rings is 4. The van der Waals surface area contributed by atoms with E-state index in [0.717, 1.165) is 0 Å². The van der Waals surface area contributed by atoms with Gasteiger partial charge in [-0.3, -0.25) is 19.9 Å². The molecule has 0 aliphatic rings. The van der Waals surface area contributed by atoms with Crippen molar-refractivity contribution in [3.8, 4) is 56.8 Å². The predicted molar refractivity (Wildman–Crippen MR) is 329 cm³/mol. The summed E-state index contributed by atoms with van der Waals surface area (Å²) in [6, 6.07) is 51.7. The summed E-state index contributed by atoms with van der Waals surface area (Å²) in [5.74, 6) is -5.90. The number of rotatable bonds is 14. The first-order valence-corrected chi connectivity index (χ1v) is 26.5. The summed E-state index contributed by atoms with van der Waals surface area (Å²) in [7, 11) is 0. The number of hydrogen-bond acceptors (Lipinski definition) is 22. The number of nitrogens with zero attached hydrogens (tertiary/aromatic N) is 4. The van der Waals surface area contributed by atoms with E-state index < -0.39 is 35.8 Å². The Hall–Kier alpha value is -9.54. The standard InChI is InChI=1S/2C10H8N2.6C8H8O3.3H2O.2Yb/c2*1-5-11-6-2-9(1)10-3-7-12-8-4-10;6*9-7-3-1-6(2-4-7)5-8(10)11;;;;;/h2*1-8H;6*1-4,9H,5H2,(H,10,11);3*1H2;;/q;;;;;;;;;;;2*+3/p-4. The monoisotopic (exact) mass is 1620 g/mol. The molecule has 95 heavy (non-hydrogen) atoms. The van der Waals surface area contributed by atoms with Crippen molar-refractivity contribution in [3.05, 3.63) is 277 Å². The van der Waals surface area contributed by atoms with Crippen molar-refractivity contribution in [3.63, 3.8) is 0 Å². The average Bonchev–Trinajstić information content (AvgIpc) is 3.10. The maximum absolute atomic E-state index is 10.1. The minimum Gasteiger partial charge on any atom is -0.550 e. The summed E-state index contributed by atoms with van der Waals surface area (Å²) in [6.45, 7) is 0. The molecule has 510 valence electrons. The molecule has 25 nitrogen and oxygen atoms in total. The Bertz CT molecular complexity index is 3110. The van der Waals surface area contributed by atoms with Gasteiger partial charge in [0.2, 0.25) is 0 Å². The fraction of sp³-hybridized carbons (Fsp3) is 0.0882. The van der Waals surface area contributed by atoms with Crippen molar-refractivity contribution >= 4 is 35.8 Å². The van der Waals surface area contributed by atoms with Crippen LogP contribution in [0.5, 0.6) is 34.5 Å². The van der Waals surface area contributed by atoms with Gasteiger partial charge < -0.3 is 106 Å². The molecule has 0 atom stereocenters. The molecule has 27 heteroatoms. The van der Waals surface area contributed by atoms with Crippen LogP contribution in [0, 0.1) is 93.8 Å². The van der Waals surface area contributed by atoms with Crippen LogP contribution in [-0.2, 0) is 78.2 Å². The molecule has 4 aromatic heterocycles. The molecule has 0 saturated heterocycles. The first-order valence-electron chi connectivity index (χ1n) is 26.5. The van der Waals surface area contributed by atoms with Crippen molar-refractivity contribution < 1.29 is 200 Å². The molecule has 0 fully saturated rings. The van der Waals surface area contributed by atoms with E-state index in [1.165, 1.54) is 95.1 Å². The van der Waals surface area contributed by atoms with Crippen LogP contribution in [0.1, 0.15) is 33.4 Å². The Morgan fingerprint density at radius 3 is 0.432 bits per heavy atom. The number of aromatic nitrogens is 4. The Morgan fingerprint density at radius 1 is 0.232 bits per heavy atom. The summed E-state index contributed by atoms with van der Waals surface area (Å²) in [5, 5.41) is 113. The molecule has 6 aromatic carbocycles. The van der Waals surface area contributed by atoms with E-state index in [1.807, 2.05) is 48.5 Å². The summed E-state index contributed by atoms with van der Waals surface area (Å²) in [6.07, 6.45) is 13.6. The first kappa shape index (κ1) is 89.7. The maximum atomic E-state index is 10.1. The van der Waals surface area contributed by atoms with Gasteiger partial charge in [-0.25, -0.2) is 0 Å². The summed E-state index contributed by atoms with van der Waals surface area (Å²) < 4.78 is 0. The third kappa shape index (κ3) is 43.8. The van der Waals surface area contributed by atoms with E-state index in [1.54, 1.807) is 122 Å². The zero-order valence-electron chi connectivity index (χ0n) is 49.9. The fourth-order valence-corrected chi connectivity index (χ4v) is 6.86. The van der Waals surface area contributed by atoms with E-state index >= 15 is 0 Å². The number of aliphatic carboxylic acids is 6. The third-order valence-electron chi connectivity index (χ3n) is 11.1. The van der Waals surface area contributed by atoms with Crippen LogP contribution in [-0.4, -0.2) is 91.9 Å². The van der Waals surface area contributed by atoms with Crippen LogP contribution in [0.15, 0.2) is 244 Å². The Balaban J connectivity index is -0.00000101. The second-order valence-electron chi connectivity index (χ2n) is 18.2. The number of carbonyl (C=O) groups excluding carboxylic acids is 6. The number of carbonyl (C=O) groups is 6. The molecule has 0 spiro atoms. The quantitative estimate of drug-likeness (QED) is 0.0763. The largest absolute Gasteiger partial charge is 3.00 e. The van der Waals surface area contributed by atoms with Crippen molar-refractivity contribution in [1.82, 2.24) is 19.9 Å². The molecule has 0 saturated carbocycles. The van der Waals surface area contributed by atoms with Crippen molar-refractivity contribution in [2.45, 2.75) is 38.5 Å². The summed E-state index contributed by atoms with van der Waals surface area (Å²) >= 11 is 0. The van der Waals surface area contributed by atoms with Gasteiger partial charge in [0.25, 0.3) is 0 Å². The second-order valence-corrected chi connectivity index (χ2v) is 18.2. The van der Waals surface area contributed by atoms with Crippen molar-refractivity contribution in [2.24, 2.45) is 0 Å². The average molecular weight is 1620 g/mol. The second kappa shape index (κ2) is 51.9. The van der Waals surface area contributed by atoms with Crippen molar-refractivity contribution in [1.29, 1.82) is 0 Å². The van der Waals surface area contributed by atoms with Crippen LogP contribution in [0.2, 0.25) is 0 Å². The number of aromatic hydroxyl groups is 6. The summed E-state index contributed by atoms with van der Waals surface area (Å²) in [4.78, 5) is 76.3. The topological polar surface area (TPSA) is 511 Å². The van der Waals surface area contributed by atoms with Gasteiger partial charge in [-0.05, 0) is 177 Å². The zero-order valence-corrected chi connectivity index (χ0v) is 53.3. The Morgan fingerprint density at radius 2 is 0.337 bits per heavy atom. The van der Waals surface area contributed by atoms with Gasteiger partial charge in [0.05, 0.1) is 0 Å². The van der Waals surface area contributed by atoms with Crippen molar-refractivity contribution in [2.75, 3.05) is 0 Å². The van der Waals surface area contributed by atoms with Crippen LogP contribution < -0.4 is 30.6 Å². The van der Waals surface area contributed by atoms with E-state index in [0.29, 0.717) is 33.4 Å². The Labute approximate surface area is 622 Å². The number of hydrogen-bond donors (Lipinski definition) is 6. The van der Waals surface area contributed by atoms with Gasteiger partial charge in [0.1, 0.15) is 34.5 Å². The van der Waals surface area contributed by atoms with Gasteiger partial charge in [0, 0.05) is 124 Å². The SMILES string of the molecule is O.O=C([O-])Cc1ccc(O)cc1.O=C([O-])Cc1ccc(O)cc1.O=C([O-])Cc1ccc(O)cc1.O=C([O-])Cc1ccc(O)cc1.O=C([O-])Cc1ccc(O)cc1.O=C([O-])Cc1ccc(O)cc1.[OH3+].[OH3+].[Yb+3].[Yb+3].c1cc(-c2ccncc2)ccn1.c1cc(-c2ccncc2)ccn1. The molecule has 10 aromatic rings. The number of benzene rings is 6. The van der Waals surface area contributed by atoms with Crippen LogP contribution in [0.4, 0.5) is 0 Å². The number of carboxylic acids is 6. The molecule has 0 aliphatic heterocycles. The van der Waals surface area contributed by atoms with Gasteiger partial charge in [-0.15, -0.1) is 0 Å². The minimum atomic E-state index is -1.12. The normalized spacial score (nSPS) is 9.01. The maximum Gasteiger partial charge on any atom is 3.00 e. The molecular weight excluding hydrogens is 1550 g/mol. The van der Waals surface area contributed by atoms with E-state index in [2.05, 4.69) is 19.9 Å². The van der Waals surface area contributed by atoms with E-state index in [-0.39, 0.29) is 183 Å². The van der Waals surface area contributed by atoms with Gasteiger partial charge in [-0.1, -0.05) is 72.8 Å². The van der Waals surface area contributed by atoms with Gasteiger partial charge in [-0.2, -0.15) is 0 Å². The van der Waals surface area contributed by atoms with Crippen LogP contribution in [0.3, 0.4) is 0 Å². The van der Waals surface area contributed by atoms with Gasteiger partial charge in [0.15, 0.2) is 0 Å². The molecule has 0 amide bonds. The summed E-state index contributed by atoms with van der Waals surface area (Å²) in [5.41, 5.74) is 8.46. The molecule has 4 heterocycles. The third-order valence-corrected chi connectivity index (χ3v) is 11.1. The molecular formula is C68H66N4O21Yb2+2. The molecule has 14 N–H and O–H groups in total. The fourth-order valence-electron chi connectivity index (χ4n) is 6.86. The smallest absolute Gasteiger partial charge is 0.550 e. The number of carboxylic acid groups (broad SMARTS) is 6. The van der Waals surface area contributed by atoms with Crippen LogP contribution in [0.25, 0.3) is 22.3 Å². The molecule has 0 unspecified atom stereocenters. The minimum absolute atomic E-state index is 0. The Kier molecular flexibility index (Phi) is 49.0.